The van der Waals surface area contributed by atoms with Crippen LogP contribution in [0.4, 0.5) is 5.69 Å². The maximum absolute atomic E-state index is 14.1. The van der Waals surface area contributed by atoms with E-state index in [-0.39, 0.29) is 18.4 Å². The van der Waals surface area contributed by atoms with E-state index >= 15 is 0 Å². The molecule has 2 amide bonds. The lowest BCUT2D eigenvalue weighted by molar-refractivity contribution is -0.127. The molecule has 38 heavy (non-hydrogen) atoms. The Morgan fingerprint density at radius 1 is 0.947 bits per heavy atom. The number of carbonyl (C=O) groups is 2. The highest BCUT2D eigenvalue weighted by atomic mass is 16.5. The van der Waals surface area contributed by atoms with Gasteiger partial charge in [0.2, 0.25) is 11.8 Å². The number of rotatable bonds is 11. The van der Waals surface area contributed by atoms with Gasteiger partial charge in [-0.1, -0.05) is 49.4 Å². The van der Waals surface area contributed by atoms with Crippen LogP contribution in [0.1, 0.15) is 31.9 Å². The predicted molar refractivity (Wildman–Crippen MR) is 146 cm³/mol. The minimum absolute atomic E-state index is 0.107. The first-order chi connectivity index (χ1) is 18.4. The molecule has 1 aromatic heterocycles. The van der Waals surface area contributed by atoms with E-state index < -0.39 is 6.04 Å². The number of ether oxygens (including phenoxy) is 2. The van der Waals surface area contributed by atoms with Crippen LogP contribution in [-0.2, 0) is 16.1 Å². The molecule has 1 N–H and O–H groups in total. The summed E-state index contributed by atoms with van der Waals surface area (Å²) in [6.45, 7) is 4.59. The standard InChI is InChI=1S/C29H33N5O4/c1-20(2)16-17-30-29(36)28(21-12-14-23(37-3)15-13-21)34(22-8-7-9-24(18-22)38-4)27(35)19-33-26-11-6-5-10-25(26)31-32-33/h5-15,18,20,28H,16-17,19H2,1-4H3,(H,30,36)/t28-/m1/s1. The van der Waals surface area contributed by atoms with Crippen molar-refractivity contribution in [2.24, 2.45) is 5.92 Å². The van der Waals surface area contributed by atoms with Gasteiger partial charge in [-0.25, -0.2) is 4.68 Å². The van der Waals surface area contributed by atoms with Crippen molar-refractivity contribution in [1.82, 2.24) is 20.3 Å². The summed E-state index contributed by atoms with van der Waals surface area (Å²) in [6.07, 6.45) is 0.819. The molecule has 0 unspecified atom stereocenters. The summed E-state index contributed by atoms with van der Waals surface area (Å²) >= 11 is 0. The van der Waals surface area contributed by atoms with Crippen LogP contribution in [0.5, 0.6) is 11.5 Å². The molecule has 4 rings (SSSR count). The van der Waals surface area contributed by atoms with Gasteiger partial charge in [-0.2, -0.15) is 0 Å². The smallest absolute Gasteiger partial charge is 0.249 e. The van der Waals surface area contributed by atoms with Crippen LogP contribution in [0.15, 0.2) is 72.8 Å². The molecule has 0 bridgehead atoms. The second-order valence-electron chi connectivity index (χ2n) is 9.35. The first kappa shape index (κ1) is 26.7. The maximum Gasteiger partial charge on any atom is 0.249 e. The largest absolute Gasteiger partial charge is 0.497 e. The number of methoxy groups -OCH3 is 2. The molecule has 0 aliphatic heterocycles. The Balaban J connectivity index is 1.78. The Morgan fingerprint density at radius 3 is 2.39 bits per heavy atom. The van der Waals surface area contributed by atoms with Crippen molar-refractivity contribution in [3.63, 3.8) is 0 Å². The Bertz CT molecular complexity index is 1380. The van der Waals surface area contributed by atoms with Crippen LogP contribution in [0.2, 0.25) is 0 Å². The molecule has 3 aromatic carbocycles. The third kappa shape index (κ3) is 6.11. The fourth-order valence-electron chi connectivity index (χ4n) is 4.22. The lowest BCUT2D eigenvalue weighted by Crippen LogP contribution is -2.45. The lowest BCUT2D eigenvalue weighted by Gasteiger charge is -2.32. The highest BCUT2D eigenvalue weighted by molar-refractivity contribution is 6.01. The molecule has 0 saturated carbocycles. The topological polar surface area (TPSA) is 98.6 Å². The number of anilines is 1. The minimum atomic E-state index is -0.942. The van der Waals surface area contributed by atoms with Crippen molar-refractivity contribution < 1.29 is 19.1 Å². The second kappa shape index (κ2) is 12.2. The number of aromatic nitrogens is 3. The van der Waals surface area contributed by atoms with E-state index in [0.29, 0.717) is 40.7 Å². The Labute approximate surface area is 222 Å². The van der Waals surface area contributed by atoms with Gasteiger partial charge >= 0.3 is 0 Å². The van der Waals surface area contributed by atoms with E-state index in [9.17, 15) is 9.59 Å². The number of nitrogens with zero attached hydrogens (tertiary/aromatic N) is 4. The summed E-state index contributed by atoms with van der Waals surface area (Å²) in [7, 11) is 3.14. The molecule has 9 heteroatoms. The van der Waals surface area contributed by atoms with Crippen molar-refractivity contribution in [3.8, 4) is 11.5 Å². The van der Waals surface area contributed by atoms with Crippen molar-refractivity contribution in [2.45, 2.75) is 32.9 Å². The average molecular weight is 516 g/mol. The summed E-state index contributed by atoms with van der Waals surface area (Å²) in [4.78, 5) is 29.3. The van der Waals surface area contributed by atoms with Crippen molar-refractivity contribution in [2.75, 3.05) is 25.7 Å². The van der Waals surface area contributed by atoms with Gasteiger partial charge in [-0.3, -0.25) is 14.5 Å². The lowest BCUT2D eigenvalue weighted by atomic mass is 10.0. The summed E-state index contributed by atoms with van der Waals surface area (Å²) in [5, 5.41) is 11.4. The summed E-state index contributed by atoms with van der Waals surface area (Å²) in [5.74, 6) is 1.04. The molecule has 1 atom stereocenters. The Kier molecular flexibility index (Phi) is 8.58. The first-order valence-corrected chi connectivity index (χ1v) is 12.6. The monoisotopic (exact) mass is 515 g/mol. The average Bonchev–Trinajstić information content (AvgIpc) is 3.34. The van der Waals surface area contributed by atoms with Gasteiger partial charge in [-0.15, -0.1) is 5.10 Å². The zero-order valence-electron chi connectivity index (χ0n) is 22.1. The maximum atomic E-state index is 14.1. The number of hydrogen-bond acceptors (Lipinski definition) is 6. The van der Waals surface area contributed by atoms with E-state index in [2.05, 4.69) is 29.5 Å². The van der Waals surface area contributed by atoms with E-state index in [4.69, 9.17) is 9.47 Å². The zero-order chi connectivity index (χ0) is 27.1. The van der Waals surface area contributed by atoms with E-state index in [1.54, 1.807) is 67.4 Å². The van der Waals surface area contributed by atoms with E-state index in [1.807, 2.05) is 24.3 Å². The van der Waals surface area contributed by atoms with Crippen molar-refractivity contribution in [3.05, 3.63) is 78.4 Å². The normalized spacial score (nSPS) is 11.8. The summed E-state index contributed by atoms with van der Waals surface area (Å²) in [5.41, 5.74) is 2.59. The molecule has 0 saturated heterocycles. The molecule has 0 radical (unpaired) electrons. The molecule has 198 valence electrons. The minimum Gasteiger partial charge on any atom is -0.497 e. The molecule has 9 nitrogen and oxygen atoms in total. The first-order valence-electron chi connectivity index (χ1n) is 12.6. The van der Waals surface area contributed by atoms with Crippen LogP contribution < -0.4 is 19.7 Å². The second-order valence-corrected chi connectivity index (χ2v) is 9.35. The Hall–Kier alpha value is -4.40. The highest BCUT2D eigenvalue weighted by Gasteiger charge is 2.33. The number of carbonyl (C=O) groups excluding carboxylic acids is 2. The summed E-state index contributed by atoms with van der Waals surface area (Å²) in [6, 6.07) is 20.8. The number of amides is 2. The Morgan fingerprint density at radius 2 is 1.68 bits per heavy atom. The van der Waals surface area contributed by atoms with Crippen molar-refractivity contribution >= 4 is 28.5 Å². The predicted octanol–water partition coefficient (Wildman–Crippen LogP) is 4.39. The molecular weight excluding hydrogens is 482 g/mol. The van der Waals surface area contributed by atoms with Gasteiger partial charge in [-0.05, 0) is 54.3 Å². The molecule has 0 spiro atoms. The van der Waals surface area contributed by atoms with E-state index in [1.165, 1.54) is 4.90 Å². The molecule has 0 aliphatic carbocycles. The SMILES string of the molecule is COc1ccc([C@H](C(=O)NCCC(C)C)N(C(=O)Cn2nnc3ccccc32)c2cccc(OC)c2)cc1. The highest BCUT2D eigenvalue weighted by Crippen LogP contribution is 2.32. The van der Waals surface area contributed by atoms with Crippen LogP contribution in [0, 0.1) is 5.92 Å². The fourth-order valence-corrected chi connectivity index (χ4v) is 4.22. The summed E-state index contributed by atoms with van der Waals surface area (Å²) < 4.78 is 12.3. The molecule has 4 aromatic rings. The van der Waals surface area contributed by atoms with Crippen molar-refractivity contribution in [1.29, 1.82) is 0 Å². The third-order valence-corrected chi connectivity index (χ3v) is 6.26. The molecule has 0 fully saturated rings. The molecular formula is C29H33N5O4. The van der Waals surface area contributed by atoms with Gasteiger partial charge in [0.05, 0.1) is 19.7 Å². The fraction of sp³-hybridized carbons (Fsp3) is 0.310. The van der Waals surface area contributed by atoms with Crippen LogP contribution in [0.3, 0.4) is 0 Å². The number of fused-ring (bicyclic) bond motifs is 1. The van der Waals surface area contributed by atoms with Crippen LogP contribution in [-0.4, -0.2) is 47.6 Å². The van der Waals surface area contributed by atoms with Gasteiger partial charge in [0.1, 0.15) is 29.6 Å². The quantitative estimate of drug-likeness (QED) is 0.318. The van der Waals surface area contributed by atoms with Gasteiger partial charge < -0.3 is 14.8 Å². The number of nitrogens with one attached hydrogen (secondary N) is 1. The number of hydrogen-bond donors (Lipinski definition) is 1. The van der Waals surface area contributed by atoms with E-state index in [0.717, 1.165) is 11.9 Å². The van der Waals surface area contributed by atoms with Crippen LogP contribution >= 0.6 is 0 Å². The third-order valence-electron chi connectivity index (χ3n) is 6.26. The van der Waals surface area contributed by atoms with Crippen LogP contribution in [0.25, 0.3) is 11.0 Å². The number of benzene rings is 3. The van der Waals surface area contributed by atoms with Gasteiger partial charge in [0, 0.05) is 18.3 Å². The molecule has 1 heterocycles. The number of para-hydroxylation sites is 1. The van der Waals surface area contributed by atoms with Gasteiger partial charge in [0.15, 0.2) is 0 Å². The zero-order valence-corrected chi connectivity index (χ0v) is 22.1. The van der Waals surface area contributed by atoms with Gasteiger partial charge in [0.25, 0.3) is 0 Å². The molecule has 0 aliphatic rings.